The summed E-state index contributed by atoms with van der Waals surface area (Å²) in [6.45, 7) is 3.26. The van der Waals surface area contributed by atoms with Crippen molar-refractivity contribution in [1.82, 2.24) is 14.9 Å². The van der Waals surface area contributed by atoms with Gasteiger partial charge in [0.25, 0.3) is 0 Å². The van der Waals surface area contributed by atoms with E-state index in [1.165, 1.54) is 22.1 Å². The van der Waals surface area contributed by atoms with Gasteiger partial charge in [-0.1, -0.05) is 48.5 Å². The van der Waals surface area contributed by atoms with Gasteiger partial charge in [0.1, 0.15) is 0 Å². The molecule has 2 heterocycles. The Hall–Kier alpha value is -3.40. The van der Waals surface area contributed by atoms with Gasteiger partial charge in [-0.3, -0.25) is 9.78 Å². The van der Waals surface area contributed by atoms with E-state index in [-0.39, 0.29) is 5.91 Å². The fourth-order valence-electron chi connectivity index (χ4n) is 3.68. The minimum absolute atomic E-state index is 0.155. The molecule has 0 atom stereocenters. The number of benzene rings is 2. The number of nitrogens with one attached hydrogen (secondary N) is 1. The molecule has 4 aromatic rings. The Labute approximate surface area is 171 Å². The van der Waals surface area contributed by atoms with E-state index in [4.69, 9.17) is 0 Å². The third-order valence-electron chi connectivity index (χ3n) is 5.35. The van der Waals surface area contributed by atoms with Crippen molar-refractivity contribution in [2.24, 2.45) is 0 Å². The maximum Gasteiger partial charge on any atom is 0.223 e. The molecule has 0 aliphatic rings. The van der Waals surface area contributed by atoms with Gasteiger partial charge >= 0.3 is 0 Å². The Morgan fingerprint density at radius 3 is 2.62 bits per heavy atom. The zero-order chi connectivity index (χ0) is 20.1. The minimum atomic E-state index is 0.155. The van der Waals surface area contributed by atoms with Crippen LogP contribution in [0.2, 0.25) is 0 Å². The van der Waals surface area contributed by atoms with Crippen LogP contribution in [0.25, 0.3) is 10.9 Å². The van der Waals surface area contributed by atoms with Crippen molar-refractivity contribution >= 4 is 16.8 Å². The molecular weight excluding hydrogens is 358 g/mol. The summed E-state index contributed by atoms with van der Waals surface area (Å²) in [5, 5.41) is 1.19. The highest BCUT2D eigenvalue weighted by Crippen LogP contribution is 2.20. The molecule has 0 aliphatic carbocycles. The number of carbonyl (C=O) groups excluding carboxylic acids is 1. The zero-order valence-corrected chi connectivity index (χ0v) is 16.6. The highest BCUT2D eigenvalue weighted by Gasteiger charge is 2.16. The minimum Gasteiger partial charge on any atom is -0.361 e. The van der Waals surface area contributed by atoms with Crippen LogP contribution in [0, 0.1) is 6.92 Å². The van der Waals surface area contributed by atoms with E-state index in [1.807, 2.05) is 53.7 Å². The fourth-order valence-corrected chi connectivity index (χ4v) is 3.68. The third kappa shape index (κ3) is 4.54. The molecule has 4 nitrogen and oxygen atoms in total. The number of para-hydroxylation sites is 1. The first-order valence-corrected chi connectivity index (χ1v) is 9.97. The van der Waals surface area contributed by atoms with Crippen molar-refractivity contribution in [1.29, 1.82) is 0 Å². The number of H-pyrrole nitrogens is 1. The van der Waals surface area contributed by atoms with Gasteiger partial charge in [-0.25, -0.2) is 0 Å². The second-order valence-electron chi connectivity index (χ2n) is 7.40. The number of aromatic nitrogens is 2. The molecule has 146 valence electrons. The lowest BCUT2D eigenvalue weighted by atomic mass is 10.1. The second-order valence-corrected chi connectivity index (χ2v) is 7.40. The summed E-state index contributed by atoms with van der Waals surface area (Å²) in [4.78, 5) is 22.6. The largest absolute Gasteiger partial charge is 0.361 e. The molecule has 1 N–H and O–H groups in total. The Kier molecular flexibility index (Phi) is 5.71. The van der Waals surface area contributed by atoms with E-state index >= 15 is 0 Å². The van der Waals surface area contributed by atoms with Crippen LogP contribution in [-0.2, 0) is 24.3 Å². The molecule has 0 unspecified atom stereocenters. The average Bonchev–Trinajstić information content (AvgIpc) is 3.17. The van der Waals surface area contributed by atoms with Crippen molar-refractivity contribution in [2.75, 3.05) is 0 Å². The Morgan fingerprint density at radius 2 is 1.79 bits per heavy atom. The summed E-state index contributed by atoms with van der Waals surface area (Å²) < 4.78 is 0. The smallest absolute Gasteiger partial charge is 0.223 e. The van der Waals surface area contributed by atoms with E-state index in [0.29, 0.717) is 19.5 Å². The summed E-state index contributed by atoms with van der Waals surface area (Å²) in [5.74, 6) is 0.155. The predicted molar refractivity (Wildman–Crippen MR) is 116 cm³/mol. The van der Waals surface area contributed by atoms with Crippen LogP contribution in [0.4, 0.5) is 0 Å². The van der Waals surface area contributed by atoms with Crippen LogP contribution >= 0.6 is 0 Å². The number of pyridine rings is 1. The molecule has 0 spiro atoms. The van der Waals surface area contributed by atoms with Crippen LogP contribution in [0.1, 0.15) is 28.7 Å². The normalized spacial score (nSPS) is 10.9. The number of fused-ring (bicyclic) bond motifs is 1. The van der Waals surface area contributed by atoms with Crippen molar-refractivity contribution in [3.8, 4) is 0 Å². The number of aromatic amines is 1. The van der Waals surface area contributed by atoms with Crippen LogP contribution in [0.15, 0.2) is 79.3 Å². The summed E-state index contributed by atoms with van der Waals surface area (Å²) in [6.07, 6.45) is 6.81. The molecule has 2 aromatic heterocycles. The van der Waals surface area contributed by atoms with Gasteiger partial charge in [-0.15, -0.1) is 0 Å². The van der Waals surface area contributed by atoms with Crippen molar-refractivity contribution < 1.29 is 4.79 Å². The van der Waals surface area contributed by atoms with Gasteiger partial charge < -0.3 is 9.88 Å². The predicted octanol–water partition coefficient (Wildman–Crippen LogP) is 5.03. The molecular formula is C25H25N3O. The summed E-state index contributed by atoms with van der Waals surface area (Å²) in [7, 11) is 0. The molecule has 0 aliphatic heterocycles. The SMILES string of the molecule is Cc1ccccc1CN(Cc1cccnc1)C(=O)CCc1c[nH]c2ccccc12. The highest BCUT2D eigenvalue weighted by molar-refractivity contribution is 5.84. The number of hydrogen-bond donors (Lipinski definition) is 1. The summed E-state index contributed by atoms with van der Waals surface area (Å²) in [6, 6.07) is 20.4. The molecule has 0 bridgehead atoms. The van der Waals surface area contributed by atoms with Crippen LogP contribution in [0.3, 0.4) is 0 Å². The van der Waals surface area contributed by atoms with E-state index in [1.54, 1.807) is 6.20 Å². The molecule has 0 saturated carbocycles. The Bertz CT molecular complexity index is 1100. The lowest BCUT2D eigenvalue weighted by Gasteiger charge is -2.24. The lowest BCUT2D eigenvalue weighted by molar-refractivity contribution is -0.132. The number of hydrogen-bond acceptors (Lipinski definition) is 2. The average molecular weight is 383 g/mol. The molecule has 0 saturated heterocycles. The number of amides is 1. The summed E-state index contributed by atoms with van der Waals surface area (Å²) in [5.41, 5.74) is 5.72. The van der Waals surface area contributed by atoms with Crippen molar-refractivity contribution in [3.63, 3.8) is 0 Å². The highest BCUT2D eigenvalue weighted by atomic mass is 16.2. The van der Waals surface area contributed by atoms with Crippen molar-refractivity contribution in [2.45, 2.75) is 32.9 Å². The van der Waals surface area contributed by atoms with E-state index in [0.717, 1.165) is 17.5 Å². The lowest BCUT2D eigenvalue weighted by Crippen LogP contribution is -2.30. The maximum atomic E-state index is 13.2. The fraction of sp³-hybridized carbons (Fsp3) is 0.200. The quantitative estimate of drug-likeness (QED) is 0.486. The molecule has 4 heteroatoms. The molecule has 0 radical (unpaired) electrons. The first-order chi connectivity index (χ1) is 14.2. The maximum absolute atomic E-state index is 13.2. The Morgan fingerprint density at radius 1 is 0.966 bits per heavy atom. The Balaban J connectivity index is 1.51. The number of aryl methyl sites for hydroxylation is 2. The molecule has 0 fully saturated rings. The molecule has 1 amide bonds. The van der Waals surface area contributed by atoms with Crippen LogP contribution in [-0.4, -0.2) is 20.8 Å². The number of rotatable bonds is 7. The monoisotopic (exact) mass is 383 g/mol. The van der Waals surface area contributed by atoms with E-state index < -0.39 is 0 Å². The first kappa shape index (κ1) is 18.9. The van der Waals surface area contributed by atoms with Crippen LogP contribution < -0.4 is 0 Å². The number of nitrogens with zero attached hydrogens (tertiary/aromatic N) is 2. The number of carbonyl (C=O) groups is 1. The zero-order valence-electron chi connectivity index (χ0n) is 16.6. The molecule has 29 heavy (non-hydrogen) atoms. The molecule has 2 aromatic carbocycles. The van der Waals surface area contributed by atoms with E-state index in [2.05, 4.69) is 41.2 Å². The topological polar surface area (TPSA) is 49.0 Å². The van der Waals surface area contributed by atoms with Gasteiger partial charge in [0, 0.05) is 49.0 Å². The first-order valence-electron chi connectivity index (χ1n) is 9.97. The van der Waals surface area contributed by atoms with Gasteiger partial charge in [-0.05, 0) is 47.7 Å². The summed E-state index contributed by atoms with van der Waals surface area (Å²) >= 11 is 0. The van der Waals surface area contributed by atoms with Gasteiger partial charge in [0.05, 0.1) is 0 Å². The van der Waals surface area contributed by atoms with Gasteiger partial charge in [-0.2, -0.15) is 0 Å². The van der Waals surface area contributed by atoms with Gasteiger partial charge in [0.15, 0.2) is 0 Å². The third-order valence-corrected chi connectivity index (χ3v) is 5.35. The standard InChI is InChI=1S/C25H25N3O/c1-19-7-2-3-9-22(19)18-28(17-20-8-6-14-26-15-20)25(29)13-12-21-16-27-24-11-5-4-10-23(21)24/h2-11,14-16,27H,12-13,17-18H2,1H3. The second kappa shape index (κ2) is 8.74. The van der Waals surface area contributed by atoms with Crippen molar-refractivity contribution in [3.05, 3.63) is 102 Å². The van der Waals surface area contributed by atoms with Crippen LogP contribution in [0.5, 0.6) is 0 Å². The van der Waals surface area contributed by atoms with Gasteiger partial charge in [0.2, 0.25) is 5.91 Å². The molecule has 4 rings (SSSR count). The van der Waals surface area contributed by atoms with E-state index in [9.17, 15) is 4.79 Å².